The van der Waals surface area contributed by atoms with Crippen LogP contribution in [0, 0.1) is 24.9 Å². The molecule has 0 bridgehead atoms. The summed E-state index contributed by atoms with van der Waals surface area (Å²) in [6, 6.07) is 39.4. The van der Waals surface area contributed by atoms with Crippen molar-refractivity contribution in [2.24, 2.45) is 0 Å². The van der Waals surface area contributed by atoms with Crippen LogP contribution in [-0.2, 0) is 20.1 Å². The monoisotopic (exact) mass is 817 g/mol. The number of pyridine rings is 2. The van der Waals surface area contributed by atoms with E-state index < -0.39 is 13.3 Å². The number of fused-ring (bicyclic) bond motifs is 3. The van der Waals surface area contributed by atoms with Crippen LogP contribution in [0.5, 0.6) is 0 Å². The van der Waals surface area contributed by atoms with Gasteiger partial charge in [0.05, 0.1) is 5.58 Å². The number of furan rings is 1. The maximum Gasteiger partial charge on any atom is 0.121 e. The summed E-state index contributed by atoms with van der Waals surface area (Å²) in [6.07, 6.45) is 3.72. The average Bonchev–Trinajstić information content (AvgIpc) is 3.41. The summed E-state index contributed by atoms with van der Waals surface area (Å²) in [6.45, 7) is 2.19. The number of nitrogens with zero attached hydrogens (tertiary/aromatic N) is 2. The Morgan fingerprint density at radius 1 is 0.750 bits per heavy atom. The molecule has 0 saturated heterocycles. The summed E-state index contributed by atoms with van der Waals surface area (Å²) in [5, 5.41) is 1.22. The number of hydrogen-bond donors (Lipinski definition) is 0. The minimum Gasteiger partial charge on any atom is -0.500 e. The van der Waals surface area contributed by atoms with Crippen molar-refractivity contribution >= 4 is 39.6 Å². The molecule has 44 heavy (non-hydrogen) atoms. The van der Waals surface area contributed by atoms with E-state index in [1.165, 1.54) is 9.96 Å². The van der Waals surface area contributed by atoms with Gasteiger partial charge in [-0.1, -0.05) is 60.2 Å². The van der Waals surface area contributed by atoms with Gasteiger partial charge in [-0.3, -0.25) is 4.39 Å². The Morgan fingerprint density at radius 3 is 2.20 bits per heavy atom. The predicted molar refractivity (Wildman–Crippen MR) is 177 cm³/mol. The normalized spacial score (nSPS) is 11.1. The van der Waals surface area contributed by atoms with E-state index in [2.05, 4.69) is 64.6 Å². The first-order valence-electron chi connectivity index (χ1n) is 14.3. The molecular weight excluding hydrogens is 784 g/mol. The molecule has 0 amide bonds. The number of aryl methyl sites for hydroxylation is 1. The van der Waals surface area contributed by atoms with Crippen LogP contribution in [0.15, 0.2) is 120 Å². The Kier molecular flexibility index (Phi) is 9.60. The van der Waals surface area contributed by atoms with Crippen molar-refractivity contribution in [2.45, 2.75) is 24.2 Å². The fourth-order valence-corrected chi connectivity index (χ4v) is 8.90. The average molecular weight is 816 g/mol. The molecule has 3 heterocycles. The van der Waals surface area contributed by atoms with E-state index in [1.54, 1.807) is 24.4 Å². The molecule has 0 aliphatic rings. The molecule has 221 valence electrons. The zero-order chi connectivity index (χ0) is 30.0. The molecule has 1 radical (unpaired) electrons. The largest absolute Gasteiger partial charge is 0.500 e. The van der Waals surface area contributed by atoms with Crippen molar-refractivity contribution in [2.75, 3.05) is 0 Å². The van der Waals surface area contributed by atoms with Crippen molar-refractivity contribution in [3.8, 4) is 33.6 Å². The van der Waals surface area contributed by atoms with Gasteiger partial charge in [-0.2, -0.15) is 0 Å². The molecule has 7 rings (SSSR count). The molecule has 0 aliphatic carbocycles. The third kappa shape index (κ3) is 6.61. The molecule has 0 aliphatic heterocycles. The molecule has 0 atom stereocenters. The maximum atomic E-state index is 15.2. The van der Waals surface area contributed by atoms with Crippen molar-refractivity contribution in [3.05, 3.63) is 139 Å². The Balaban J connectivity index is 0.000000187. The van der Waals surface area contributed by atoms with Gasteiger partial charge >= 0.3 is 106 Å². The Bertz CT molecular complexity index is 2020. The Labute approximate surface area is 273 Å². The van der Waals surface area contributed by atoms with Crippen LogP contribution in [-0.4, -0.2) is 23.2 Å². The molecule has 3 nitrogen and oxygen atoms in total. The van der Waals surface area contributed by atoms with E-state index in [0.29, 0.717) is 27.8 Å². The summed E-state index contributed by atoms with van der Waals surface area (Å²) in [5.41, 5.74) is 7.66. The molecule has 0 fully saturated rings. The zero-order valence-corrected chi connectivity index (χ0v) is 29.5. The third-order valence-corrected chi connectivity index (χ3v) is 11.9. The molecule has 0 unspecified atom stereocenters. The van der Waals surface area contributed by atoms with Gasteiger partial charge in [-0.05, 0) is 34.3 Å². The molecule has 0 saturated carbocycles. The Hall–Kier alpha value is -3.90. The molecule has 0 N–H and O–H groups in total. The van der Waals surface area contributed by atoms with Crippen LogP contribution in [0.25, 0.3) is 55.6 Å². The molecular formula is C38H31FGeIrN2O-2. The van der Waals surface area contributed by atoms with Gasteiger partial charge < -0.3 is 9.40 Å². The second-order valence-corrected chi connectivity index (χ2v) is 22.1. The van der Waals surface area contributed by atoms with Gasteiger partial charge in [0.15, 0.2) is 0 Å². The van der Waals surface area contributed by atoms with E-state index in [0.717, 1.165) is 27.8 Å². The van der Waals surface area contributed by atoms with Gasteiger partial charge in [0.1, 0.15) is 5.58 Å². The number of aromatic nitrogens is 2. The van der Waals surface area contributed by atoms with Crippen LogP contribution >= 0.6 is 0 Å². The second kappa shape index (κ2) is 13.4. The topological polar surface area (TPSA) is 38.9 Å². The fourth-order valence-electron chi connectivity index (χ4n) is 5.32. The third-order valence-electron chi connectivity index (χ3n) is 7.44. The standard InChI is InChI=1S/C23H13FNO.C15H18GeN.Ir/c24-23-17(19-8-4-5-13-25-19)11-12-20-22(23)18-10-9-16(14-21(18)26-20)15-6-2-1-3-7-15;1-12-10-15(13-8-6-5-7-9-13)17-11-14(12)16(2,3)4;/h1-10,12-14H;5-8,10-11H,1-4H3;/q2*-1;. The number of benzene rings is 4. The number of hydrogen-bond acceptors (Lipinski definition) is 3. The molecule has 7 aromatic rings. The van der Waals surface area contributed by atoms with E-state index in [9.17, 15) is 0 Å². The second-order valence-electron chi connectivity index (χ2n) is 11.5. The Morgan fingerprint density at radius 2 is 1.52 bits per heavy atom. The van der Waals surface area contributed by atoms with E-state index >= 15 is 4.39 Å². The molecule has 3 aromatic heterocycles. The van der Waals surface area contributed by atoms with E-state index in [4.69, 9.17) is 4.42 Å². The SMILES string of the molecule is Cc1cc(-c2[c-]cccc2)nc[c]1[Ge]([CH3])([CH3])[CH3].Fc1c(-c2ccccn2)[c-]cc2oc3cc(-c4ccccc4)ccc3c12.[Ir]. The molecule has 4 aromatic carbocycles. The summed E-state index contributed by atoms with van der Waals surface area (Å²) in [4.78, 5) is 8.82. The minimum atomic E-state index is -1.77. The van der Waals surface area contributed by atoms with Crippen LogP contribution < -0.4 is 4.40 Å². The van der Waals surface area contributed by atoms with Crippen LogP contribution in [0.4, 0.5) is 4.39 Å². The number of halogens is 1. The van der Waals surface area contributed by atoms with Crippen molar-refractivity contribution in [1.82, 2.24) is 9.97 Å². The van der Waals surface area contributed by atoms with Crippen molar-refractivity contribution in [1.29, 1.82) is 0 Å². The van der Waals surface area contributed by atoms with Crippen LogP contribution in [0.2, 0.25) is 17.3 Å². The van der Waals surface area contributed by atoms with Gasteiger partial charge in [-0.25, -0.2) is 0 Å². The van der Waals surface area contributed by atoms with Crippen LogP contribution in [0.3, 0.4) is 0 Å². The first-order chi connectivity index (χ1) is 20.8. The van der Waals surface area contributed by atoms with Gasteiger partial charge in [0.25, 0.3) is 0 Å². The van der Waals surface area contributed by atoms with Crippen LogP contribution in [0.1, 0.15) is 5.56 Å². The predicted octanol–water partition coefficient (Wildman–Crippen LogP) is 9.65. The minimum absolute atomic E-state index is 0. The van der Waals surface area contributed by atoms with Crippen molar-refractivity contribution < 1.29 is 28.9 Å². The molecule has 0 spiro atoms. The quantitative estimate of drug-likeness (QED) is 0.131. The fraction of sp³-hybridized carbons (Fsp3) is 0.105. The van der Waals surface area contributed by atoms with Gasteiger partial charge in [0, 0.05) is 37.5 Å². The summed E-state index contributed by atoms with van der Waals surface area (Å²) >= 11 is -1.77. The summed E-state index contributed by atoms with van der Waals surface area (Å²) in [5.74, 6) is 6.85. The zero-order valence-electron chi connectivity index (χ0n) is 25.0. The first kappa shape index (κ1) is 31.5. The van der Waals surface area contributed by atoms with E-state index in [1.807, 2.05) is 72.8 Å². The van der Waals surface area contributed by atoms with Crippen molar-refractivity contribution in [3.63, 3.8) is 0 Å². The summed E-state index contributed by atoms with van der Waals surface area (Å²) in [7, 11) is 0. The maximum absolute atomic E-state index is 15.2. The van der Waals surface area contributed by atoms with Gasteiger partial charge in [-0.15, -0.1) is 12.1 Å². The smallest absolute Gasteiger partial charge is 0.121 e. The molecule has 6 heteroatoms. The van der Waals surface area contributed by atoms with E-state index in [-0.39, 0.29) is 25.9 Å². The first-order valence-corrected chi connectivity index (χ1v) is 21.6. The summed E-state index contributed by atoms with van der Waals surface area (Å²) < 4.78 is 22.6. The van der Waals surface area contributed by atoms with Gasteiger partial charge in [0.2, 0.25) is 0 Å². The number of rotatable bonds is 4.